The maximum Gasteiger partial charge on any atom is 0.147 e. The molecule has 1 aromatic rings. The molecule has 1 N–H and O–H groups in total. The molecule has 0 aliphatic heterocycles. The summed E-state index contributed by atoms with van der Waals surface area (Å²) in [6.45, 7) is 3.94. The Labute approximate surface area is 127 Å². The van der Waals surface area contributed by atoms with Crippen LogP contribution < -0.4 is 5.32 Å². The van der Waals surface area contributed by atoms with E-state index in [4.69, 9.17) is 11.6 Å². The molecular formula is C15H24ClNO2S. The lowest BCUT2D eigenvalue weighted by molar-refractivity contribution is 0.459. The molecule has 0 amide bonds. The minimum atomic E-state index is -2.90. The zero-order chi connectivity index (χ0) is 15.0. The molecule has 1 rings (SSSR count). The van der Waals surface area contributed by atoms with Gasteiger partial charge in [0.25, 0.3) is 0 Å². The fourth-order valence-electron chi connectivity index (χ4n) is 2.09. The summed E-state index contributed by atoms with van der Waals surface area (Å²) in [4.78, 5) is 0. The summed E-state index contributed by atoms with van der Waals surface area (Å²) in [6.07, 6.45) is 3.95. The Balaban J connectivity index is 2.58. The molecule has 0 aromatic heterocycles. The molecule has 20 heavy (non-hydrogen) atoms. The Bertz CT molecular complexity index is 485. The molecule has 3 nitrogen and oxygen atoms in total. The summed E-state index contributed by atoms with van der Waals surface area (Å²) < 4.78 is 22.6. The number of benzene rings is 1. The van der Waals surface area contributed by atoms with Crippen LogP contribution >= 0.6 is 11.6 Å². The lowest BCUT2D eigenvalue weighted by atomic mass is 9.97. The summed E-state index contributed by atoms with van der Waals surface area (Å²) >= 11 is 5.88. The van der Waals surface area contributed by atoms with Gasteiger partial charge in [0, 0.05) is 11.3 Å². The van der Waals surface area contributed by atoms with Gasteiger partial charge < -0.3 is 5.32 Å². The maximum absolute atomic E-state index is 11.3. The van der Waals surface area contributed by atoms with Crippen molar-refractivity contribution in [3.63, 3.8) is 0 Å². The van der Waals surface area contributed by atoms with Crippen LogP contribution in [0.4, 0.5) is 0 Å². The molecule has 0 saturated carbocycles. The topological polar surface area (TPSA) is 46.2 Å². The first kappa shape index (κ1) is 17.5. The van der Waals surface area contributed by atoms with Crippen LogP contribution in [-0.2, 0) is 16.3 Å². The van der Waals surface area contributed by atoms with Gasteiger partial charge in [-0.2, -0.15) is 0 Å². The first-order valence-corrected chi connectivity index (χ1v) is 9.47. The van der Waals surface area contributed by atoms with Gasteiger partial charge in [-0.1, -0.05) is 30.7 Å². The van der Waals surface area contributed by atoms with Crippen LogP contribution in [0.1, 0.15) is 25.3 Å². The van der Waals surface area contributed by atoms with Crippen molar-refractivity contribution in [3.05, 3.63) is 34.9 Å². The van der Waals surface area contributed by atoms with Crippen LogP contribution in [0.3, 0.4) is 0 Å². The van der Waals surface area contributed by atoms with Crippen molar-refractivity contribution in [2.24, 2.45) is 5.92 Å². The van der Waals surface area contributed by atoms with Crippen molar-refractivity contribution in [3.8, 4) is 0 Å². The van der Waals surface area contributed by atoms with E-state index in [1.807, 2.05) is 24.3 Å². The maximum atomic E-state index is 11.3. The number of halogens is 1. The van der Waals surface area contributed by atoms with Crippen molar-refractivity contribution in [1.82, 2.24) is 5.32 Å². The number of rotatable bonds is 9. The van der Waals surface area contributed by atoms with E-state index in [2.05, 4.69) is 12.2 Å². The van der Waals surface area contributed by atoms with E-state index in [-0.39, 0.29) is 5.75 Å². The number of nitrogens with one attached hydrogen (secondary N) is 1. The standard InChI is InChI=1S/C15H24ClNO2S/c1-3-9-17-12-14(8-10-20(2,18)19)11-13-4-6-15(16)7-5-13/h4-7,14,17H,3,8-12H2,1-2H3. The zero-order valence-corrected chi connectivity index (χ0v) is 13.8. The Morgan fingerprint density at radius 1 is 1.25 bits per heavy atom. The van der Waals surface area contributed by atoms with Crippen molar-refractivity contribution in [2.75, 3.05) is 25.1 Å². The first-order chi connectivity index (χ1) is 9.40. The van der Waals surface area contributed by atoms with Crippen LogP contribution in [0.2, 0.25) is 5.02 Å². The van der Waals surface area contributed by atoms with Gasteiger partial charge in [-0.25, -0.2) is 8.42 Å². The van der Waals surface area contributed by atoms with Crippen LogP contribution in [0.15, 0.2) is 24.3 Å². The van der Waals surface area contributed by atoms with E-state index in [1.54, 1.807) is 0 Å². The van der Waals surface area contributed by atoms with Gasteiger partial charge in [0.2, 0.25) is 0 Å². The molecule has 0 heterocycles. The molecular weight excluding hydrogens is 294 g/mol. The van der Waals surface area contributed by atoms with E-state index in [1.165, 1.54) is 11.8 Å². The molecule has 5 heteroatoms. The molecule has 0 fully saturated rings. The van der Waals surface area contributed by atoms with Crippen molar-refractivity contribution >= 4 is 21.4 Å². The average Bonchev–Trinajstić information content (AvgIpc) is 2.37. The van der Waals surface area contributed by atoms with Crippen LogP contribution in [0.25, 0.3) is 0 Å². The second-order valence-electron chi connectivity index (χ2n) is 5.32. The van der Waals surface area contributed by atoms with Gasteiger partial charge in [0.1, 0.15) is 9.84 Å². The van der Waals surface area contributed by atoms with Gasteiger partial charge in [-0.05, 0) is 56.0 Å². The molecule has 0 aliphatic carbocycles. The summed E-state index contributed by atoms with van der Waals surface area (Å²) in [7, 11) is -2.90. The summed E-state index contributed by atoms with van der Waals surface area (Å²) in [6, 6.07) is 7.78. The van der Waals surface area contributed by atoms with Gasteiger partial charge in [0.15, 0.2) is 0 Å². The first-order valence-electron chi connectivity index (χ1n) is 7.03. The summed E-state index contributed by atoms with van der Waals surface area (Å²) in [5, 5.41) is 4.11. The van der Waals surface area contributed by atoms with Gasteiger partial charge in [-0.15, -0.1) is 0 Å². The monoisotopic (exact) mass is 317 g/mol. The second kappa shape index (κ2) is 8.65. The van der Waals surface area contributed by atoms with Gasteiger partial charge in [-0.3, -0.25) is 0 Å². The zero-order valence-electron chi connectivity index (χ0n) is 12.2. The van der Waals surface area contributed by atoms with Crippen LogP contribution in [0.5, 0.6) is 0 Å². The third-order valence-electron chi connectivity index (χ3n) is 3.19. The minimum Gasteiger partial charge on any atom is -0.316 e. The number of hydrogen-bond acceptors (Lipinski definition) is 3. The minimum absolute atomic E-state index is 0.249. The average molecular weight is 318 g/mol. The third kappa shape index (κ3) is 7.88. The summed E-state index contributed by atoms with van der Waals surface area (Å²) in [5.74, 6) is 0.580. The van der Waals surface area contributed by atoms with E-state index < -0.39 is 9.84 Å². The molecule has 0 aliphatic rings. The SMILES string of the molecule is CCCNCC(CCS(C)(=O)=O)Cc1ccc(Cl)cc1. The normalized spacial score (nSPS) is 13.3. The Morgan fingerprint density at radius 2 is 1.90 bits per heavy atom. The Hall–Kier alpha value is -0.580. The number of sulfone groups is 1. The molecule has 1 unspecified atom stereocenters. The molecule has 114 valence electrons. The lowest BCUT2D eigenvalue weighted by Crippen LogP contribution is -2.26. The smallest absolute Gasteiger partial charge is 0.147 e. The van der Waals surface area contributed by atoms with E-state index in [0.29, 0.717) is 12.3 Å². The second-order valence-corrected chi connectivity index (χ2v) is 8.02. The predicted octanol–water partition coefficient (Wildman–Crippen LogP) is 2.93. The predicted molar refractivity (Wildman–Crippen MR) is 86.1 cm³/mol. The van der Waals surface area contributed by atoms with Gasteiger partial charge >= 0.3 is 0 Å². The van der Waals surface area contributed by atoms with Crippen LogP contribution in [-0.4, -0.2) is 33.5 Å². The summed E-state index contributed by atoms with van der Waals surface area (Å²) in [5.41, 5.74) is 1.20. The molecule has 0 spiro atoms. The molecule has 0 saturated heterocycles. The van der Waals surface area contributed by atoms with E-state index in [0.717, 1.165) is 31.0 Å². The number of hydrogen-bond donors (Lipinski definition) is 1. The fraction of sp³-hybridized carbons (Fsp3) is 0.600. The quantitative estimate of drug-likeness (QED) is 0.712. The fourth-order valence-corrected chi connectivity index (χ4v) is 2.98. The highest BCUT2D eigenvalue weighted by molar-refractivity contribution is 7.90. The Kier molecular flexibility index (Phi) is 7.56. The van der Waals surface area contributed by atoms with E-state index in [9.17, 15) is 8.42 Å². The largest absolute Gasteiger partial charge is 0.316 e. The Morgan fingerprint density at radius 3 is 2.45 bits per heavy atom. The van der Waals surface area contributed by atoms with Crippen molar-refractivity contribution in [2.45, 2.75) is 26.2 Å². The van der Waals surface area contributed by atoms with E-state index >= 15 is 0 Å². The highest BCUT2D eigenvalue weighted by Gasteiger charge is 2.13. The highest BCUT2D eigenvalue weighted by atomic mass is 35.5. The van der Waals surface area contributed by atoms with Crippen molar-refractivity contribution < 1.29 is 8.42 Å². The van der Waals surface area contributed by atoms with Gasteiger partial charge in [0.05, 0.1) is 5.75 Å². The molecule has 1 atom stereocenters. The molecule has 0 radical (unpaired) electrons. The lowest BCUT2D eigenvalue weighted by Gasteiger charge is -2.17. The molecule has 0 bridgehead atoms. The highest BCUT2D eigenvalue weighted by Crippen LogP contribution is 2.16. The van der Waals surface area contributed by atoms with Crippen LogP contribution in [0, 0.1) is 5.92 Å². The third-order valence-corrected chi connectivity index (χ3v) is 4.42. The molecule has 1 aromatic carbocycles. The van der Waals surface area contributed by atoms with Crippen molar-refractivity contribution in [1.29, 1.82) is 0 Å².